The third kappa shape index (κ3) is 7.61. The van der Waals surface area contributed by atoms with Crippen molar-refractivity contribution < 1.29 is 48.5 Å². The molecule has 1 saturated carbocycles. The highest BCUT2D eigenvalue weighted by molar-refractivity contribution is 5.99. The van der Waals surface area contributed by atoms with Crippen molar-refractivity contribution in [3.05, 3.63) is 71.8 Å². The first-order valence-corrected chi connectivity index (χ1v) is 17.3. The van der Waals surface area contributed by atoms with Crippen LogP contribution >= 0.6 is 0 Å². The molecule has 0 aromatic heterocycles. The maximum Gasteiger partial charge on any atom is 0.235 e. The van der Waals surface area contributed by atoms with Gasteiger partial charge in [0.2, 0.25) is 12.2 Å². The Labute approximate surface area is 300 Å². The molecule has 0 bridgehead atoms. The average molecular weight is 709 g/mol. The van der Waals surface area contributed by atoms with Gasteiger partial charge in [-0.1, -0.05) is 26.0 Å². The van der Waals surface area contributed by atoms with E-state index in [1.165, 1.54) is 0 Å². The van der Waals surface area contributed by atoms with Crippen molar-refractivity contribution in [2.45, 2.75) is 62.6 Å². The molecule has 3 aromatic rings. The molecule has 1 aliphatic carbocycles. The number of rotatable bonds is 18. The van der Waals surface area contributed by atoms with Gasteiger partial charge in [0, 0.05) is 12.2 Å². The van der Waals surface area contributed by atoms with Gasteiger partial charge in [-0.05, 0) is 98.4 Å². The average Bonchev–Trinajstić information content (AvgIpc) is 3.61. The number of hydrogen-bond acceptors (Lipinski definition) is 11. The van der Waals surface area contributed by atoms with Crippen LogP contribution in [0.4, 0.5) is 5.69 Å². The Hall–Kier alpha value is -4.07. The van der Waals surface area contributed by atoms with Gasteiger partial charge in [-0.15, -0.1) is 0 Å². The van der Waals surface area contributed by atoms with Gasteiger partial charge in [-0.25, -0.2) is 0 Å². The van der Waals surface area contributed by atoms with Crippen LogP contribution in [0.5, 0.6) is 28.7 Å². The summed E-state index contributed by atoms with van der Waals surface area (Å²) < 4.78 is 33.5. The first-order chi connectivity index (χ1) is 24.5. The van der Waals surface area contributed by atoms with E-state index >= 15 is 0 Å². The first-order valence-electron chi connectivity index (χ1n) is 17.3. The number of carbonyl (C=O) groups excluding carboxylic acids is 1. The van der Waals surface area contributed by atoms with Crippen molar-refractivity contribution in [2.75, 3.05) is 60.5 Å². The Morgan fingerprint density at radius 1 is 0.902 bits per heavy atom. The summed E-state index contributed by atoms with van der Waals surface area (Å²) in [6.45, 7) is 5.31. The summed E-state index contributed by atoms with van der Waals surface area (Å²) in [5.74, 6) is 2.11. The number of nitrogens with one attached hydrogen (secondary N) is 1. The van der Waals surface area contributed by atoms with E-state index in [2.05, 4.69) is 31.1 Å². The van der Waals surface area contributed by atoms with Crippen LogP contribution in [0.15, 0.2) is 60.7 Å². The molecule has 4 N–H and O–H groups in total. The van der Waals surface area contributed by atoms with E-state index < -0.39 is 42.0 Å². The topological polar surface area (TPSA) is 148 Å². The predicted molar refractivity (Wildman–Crippen MR) is 192 cm³/mol. The molecule has 278 valence electrons. The minimum Gasteiger partial charge on any atom is -0.493 e. The zero-order valence-corrected chi connectivity index (χ0v) is 30.5. The SMILES string of the molecule is COc1ccc(CCN(C)CCCC(C(=O)Nc2ccc(O[C@@H]3OC4(CO)C(C3O)[C@H]4O)cc2)(c2ccc(OC)c(OC)c2)C(C)C)cc1OC. The number of amides is 1. The summed E-state index contributed by atoms with van der Waals surface area (Å²) in [5.41, 5.74) is 0.450. The van der Waals surface area contributed by atoms with Crippen LogP contribution in [0.1, 0.15) is 37.8 Å². The van der Waals surface area contributed by atoms with E-state index in [0.717, 1.165) is 37.1 Å². The lowest BCUT2D eigenvalue weighted by Gasteiger charge is -2.38. The summed E-state index contributed by atoms with van der Waals surface area (Å²) in [6.07, 6.45) is -0.870. The standard InChI is InChI=1S/C39H52N2O10/c1-24(2)38(26-10-16-30(47-5)32(22-26)49-7,18-8-19-41(3)20-17-25-9-15-29(46-4)31(21-25)48-6)37(45)40-27-11-13-28(14-12-27)50-36-34(43)33-35(44)39(33,23-42)51-36/h9-16,21-22,24,33-36,42-44H,8,17-20,23H2,1-7H3,(H,40,45)/t33?,34?,35-,36-,38?,39?/m1/s1. The minimum atomic E-state index is -1.18. The first kappa shape index (κ1) is 38.2. The second-order valence-electron chi connectivity index (χ2n) is 13.7. The van der Waals surface area contributed by atoms with Gasteiger partial charge in [0.05, 0.1) is 52.5 Å². The third-order valence-corrected chi connectivity index (χ3v) is 10.5. The molecule has 3 aromatic carbocycles. The summed E-state index contributed by atoms with van der Waals surface area (Å²) in [4.78, 5) is 16.8. The zero-order chi connectivity index (χ0) is 36.9. The van der Waals surface area contributed by atoms with Gasteiger partial charge in [-0.2, -0.15) is 0 Å². The second kappa shape index (κ2) is 16.1. The molecular formula is C39H52N2O10. The lowest BCUT2D eigenvalue weighted by molar-refractivity contribution is -0.165. The molecular weight excluding hydrogens is 656 g/mol. The highest BCUT2D eigenvalue weighted by atomic mass is 16.7. The molecule has 12 nitrogen and oxygen atoms in total. The third-order valence-electron chi connectivity index (χ3n) is 10.5. The van der Waals surface area contributed by atoms with E-state index in [0.29, 0.717) is 40.9 Å². The van der Waals surface area contributed by atoms with Crippen LogP contribution in [-0.2, 0) is 21.4 Å². The van der Waals surface area contributed by atoms with E-state index in [1.807, 2.05) is 36.4 Å². The van der Waals surface area contributed by atoms with Crippen molar-refractivity contribution in [1.29, 1.82) is 0 Å². The van der Waals surface area contributed by atoms with E-state index in [1.54, 1.807) is 52.7 Å². The van der Waals surface area contributed by atoms with Crippen molar-refractivity contribution >= 4 is 11.6 Å². The number of hydrogen-bond donors (Lipinski definition) is 4. The Balaban J connectivity index is 1.29. The predicted octanol–water partition coefficient (Wildman–Crippen LogP) is 4.03. The number of fused-ring (bicyclic) bond motifs is 1. The Bertz CT molecular complexity index is 1630. The molecule has 0 spiro atoms. The summed E-state index contributed by atoms with van der Waals surface area (Å²) in [6, 6.07) is 18.5. The summed E-state index contributed by atoms with van der Waals surface area (Å²) in [7, 11) is 8.51. The lowest BCUT2D eigenvalue weighted by atomic mass is 9.67. The molecule has 5 rings (SSSR count). The number of likely N-dealkylation sites (N-methyl/N-ethyl adjacent to an activating group) is 1. The second-order valence-corrected chi connectivity index (χ2v) is 13.7. The molecule has 51 heavy (non-hydrogen) atoms. The minimum absolute atomic E-state index is 0.0862. The number of benzene rings is 3. The van der Waals surface area contributed by atoms with Gasteiger partial charge in [0.15, 0.2) is 23.0 Å². The van der Waals surface area contributed by atoms with Crippen LogP contribution in [0.3, 0.4) is 0 Å². The molecule has 1 heterocycles. The lowest BCUT2D eigenvalue weighted by Crippen LogP contribution is -2.45. The largest absolute Gasteiger partial charge is 0.493 e. The Kier molecular flexibility index (Phi) is 12.0. The van der Waals surface area contributed by atoms with E-state index in [9.17, 15) is 20.1 Å². The Morgan fingerprint density at radius 3 is 2.12 bits per heavy atom. The van der Waals surface area contributed by atoms with Crippen LogP contribution in [0, 0.1) is 11.8 Å². The van der Waals surface area contributed by atoms with E-state index in [-0.39, 0.29) is 11.8 Å². The van der Waals surface area contributed by atoms with Gasteiger partial charge >= 0.3 is 0 Å². The summed E-state index contributed by atoms with van der Waals surface area (Å²) >= 11 is 0. The highest BCUT2D eigenvalue weighted by Gasteiger charge is 2.76. The van der Waals surface area contributed by atoms with Gasteiger partial charge in [0.1, 0.15) is 17.5 Å². The molecule has 6 atom stereocenters. The van der Waals surface area contributed by atoms with Gasteiger partial charge in [-0.3, -0.25) is 4.79 Å². The number of ether oxygens (including phenoxy) is 6. The number of methoxy groups -OCH3 is 4. The van der Waals surface area contributed by atoms with Crippen molar-refractivity contribution in [3.8, 4) is 28.7 Å². The van der Waals surface area contributed by atoms with Crippen LogP contribution in [0.2, 0.25) is 0 Å². The van der Waals surface area contributed by atoms with Crippen molar-refractivity contribution in [3.63, 3.8) is 0 Å². The number of aliphatic hydroxyl groups is 3. The number of anilines is 1. The maximum atomic E-state index is 14.5. The number of nitrogens with zero attached hydrogens (tertiary/aromatic N) is 1. The monoisotopic (exact) mass is 708 g/mol. The fourth-order valence-electron chi connectivity index (χ4n) is 7.31. The molecule has 1 aliphatic heterocycles. The smallest absolute Gasteiger partial charge is 0.235 e. The number of carbonyl (C=O) groups is 1. The zero-order valence-electron chi connectivity index (χ0n) is 30.5. The summed E-state index contributed by atoms with van der Waals surface area (Å²) in [5, 5.41) is 33.4. The molecule has 0 radical (unpaired) electrons. The molecule has 4 unspecified atom stereocenters. The van der Waals surface area contributed by atoms with Crippen molar-refractivity contribution in [1.82, 2.24) is 4.90 Å². The van der Waals surface area contributed by atoms with Gasteiger partial charge in [0.25, 0.3) is 0 Å². The van der Waals surface area contributed by atoms with Crippen LogP contribution in [-0.4, -0.2) is 105 Å². The fourth-order valence-corrected chi connectivity index (χ4v) is 7.31. The molecule has 12 heteroatoms. The maximum absolute atomic E-state index is 14.5. The Morgan fingerprint density at radius 2 is 1.53 bits per heavy atom. The van der Waals surface area contributed by atoms with Crippen LogP contribution < -0.4 is 29.0 Å². The quantitative estimate of drug-likeness (QED) is 0.152. The molecule has 1 amide bonds. The normalized spacial score (nSPS) is 23.4. The van der Waals surface area contributed by atoms with Gasteiger partial charge < -0.3 is 54.0 Å². The van der Waals surface area contributed by atoms with E-state index in [4.69, 9.17) is 28.4 Å². The van der Waals surface area contributed by atoms with Crippen molar-refractivity contribution in [2.24, 2.45) is 11.8 Å². The molecule has 2 fully saturated rings. The fraction of sp³-hybridized carbons (Fsp3) is 0.513. The number of aliphatic hydroxyl groups excluding tert-OH is 3. The highest BCUT2D eigenvalue weighted by Crippen LogP contribution is 2.56. The van der Waals surface area contributed by atoms with Crippen LogP contribution in [0.25, 0.3) is 0 Å². The molecule has 1 saturated heterocycles. The molecule has 2 aliphatic rings.